The molecule has 1 aliphatic carbocycles. The van der Waals surface area contributed by atoms with E-state index in [2.05, 4.69) is 39.8 Å². The lowest BCUT2D eigenvalue weighted by Crippen LogP contribution is -1.82. The molecule has 0 fully saturated rings. The predicted octanol–water partition coefficient (Wildman–Crippen LogP) is 5.63. The van der Waals surface area contributed by atoms with Crippen molar-refractivity contribution in [3.05, 3.63) is 33.0 Å². The lowest BCUT2D eigenvalue weighted by molar-refractivity contribution is 0.886. The van der Waals surface area contributed by atoms with Gasteiger partial charge in [0.15, 0.2) is 0 Å². The Balaban J connectivity index is 2.06. The minimum absolute atomic E-state index is 0.665. The van der Waals surface area contributed by atoms with Crippen molar-refractivity contribution in [1.29, 1.82) is 0 Å². The maximum atomic E-state index is 2.42. The molecule has 2 aromatic rings. The van der Waals surface area contributed by atoms with Crippen LogP contribution in [0, 0.1) is 0 Å². The number of hydrogen-bond acceptors (Lipinski definition) is 2. The highest BCUT2D eigenvalue weighted by molar-refractivity contribution is 7.22. The van der Waals surface area contributed by atoms with Crippen molar-refractivity contribution in [3.8, 4) is 9.75 Å². The van der Waals surface area contributed by atoms with Gasteiger partial charge in [0.1, 0.15) is 0 Å². The molecular formula is C15H18S2. The highest BCUT2D eigenvalue weighted by Gasteiger charge is 2.25. The van der Waals surface area contributed by atoms with Crippen LogP contribution in [0.15, 0.2) is 12.1 Å². The van der Waals surface area contributed by atoms with Gasteiger partial charge in [-0.2, -0.15) is 0 Å². The predicted molar refractivity (Wildman–Crippen MR) is 78.6 cm³/mol. The van der Waals surface area contributed by atoms with Gasteiger partial charge in [-0.1, -0.05) is 27.7 Å². The zero-order chi connectivity index (χ0) is 12.2. The first-order valence-corrected chi connectivity index (χ1v) is 7.95. The van der Waals surface area contributed by atoms with E-state index < -0.39 is 0 Å². The van der Waals surface area contributed by atoms with Crippen molar-refractivity contribution in [1.82, 2.24) is 0 Å². The molecule has 2 heteroatoms. The zero-order valence-electron chi connectivity index (χ0n) is 10.8. The van der Waals surface area contributed by atoms with Gasteiger partial charge in [-0.15, -0.1) is 22.7 Å². The average molecular weight is 262 g/mol. The minimum Gasteiger partial charge on any atom is -0.139 e. The van der Waals surface area contributed by atoms with Crippen LogP contribution in [0.3, 0.4) is 0 Å². The van der Waals surface area contributed by atoms with Crippen LogP contribution in [-0.2, 0) is 6.42 Å². The molecule has 0 unspecified atom stereocenters. The van der Waals surface area contributed by atoms with Gasteiger partial charge in [-0.05, 0) is 35.1 Å². The van der Waals surface area contributed by atoms with Gasteiger partial charge in [0.25, 0.3) is 0 Å². The summed E-state index contributed by atoms with van der Waals surface area (Å²) in [6.07, 6.45) is 1.16. The molecule has 2 aromatic heterocycles. The van der Waals surface area contributed by atoms with Crippen LogP contribution in [0.25, 0.3) is 9.75 Å². The third kappa shape index (κ3) is 1.78. The van der Waals surface area contributed by atoms with E-state index in [0.29, 0.717) is 11.8 Å². The van der Waals surface area contributed by atoms with Crippen LogP contribution in [0.4, 0.5) is 0 Å². The topological polar surface area (TPSA) is 0 Å². The molecule has 2 heterocycles. The van der Waals surface area contributed by atoms with Crippen LogP contribution in [-0.4, -0.2) is 0 Å². The van der Waals surface area contributed by atoms with E-state index in [0.717, 1.165) is 6.42 Å². The molecule has 0 nitrogen and oxygen atoms in total. The maximum Gasteiger partial charge on any atom is 0.0484 e. The zero-order valence-corrected chi connectivity index (χ0v) is 12.5. The Labute approximate surface area is 111 Å². The van der Waals surface area contributed by atoms with Crippen LogP contribution < -0.4 is 0 Å². The van der Waals surface area contributed by atoms with E-state index in [1.807, 2.05) is 22.7 Å². The Morgan fingerprint density at radius 2 is 1.24 bits per heavy atom. The molecule has 0 saturated heterocycles. The summed E-state index contributed by atoms with van der Waals surface area (Å²) in [7, 11) is 0. The molecule has 17 heavy (non-hydrogen) atoms. The summed E-state index contributed by atoms with van der Waals surface area (Å²) in [6, 6.07) is 4.85. The van der Waals surface area contributed by atoms with E-state index in [9.17, 15) is 0 Å². The molecule has 0 spiro atoms. The molecule has 1 aliphatic rings. The number of thiophene rings is 2. The largest absolute Gasteiger partial charge is 0.139 e. The number of fused-ring (bicyclic) bond motifs is 3. The lowest BCUT2D eigenvalue weighted by atomic mass is 10.1. The Morgan fingerprint density at radius 3 is 1.59 bits per heavy atom. The summed E-state index contributed by atoms with van der Waals surface area (Å²) in [6.45, 7) is 9.15. The van der Waals surface area contributed by atoms with Gasteiger partial charge in [0.05, 0.1) is 0 Å². The summed E-state index contributed by atoms with van der Waals surface area (Å²) in [5, 5.41) is 0. The second-order valence-corrected chi connectivity index (χ2v) is 7.66. The SMILES string of the molecule is CC(C)c1cc2c(s1)-c1sc(C(C)C)cc1C2. The summed E-state index contributed by atoms with van der Waals surface area (Å²) < 4.78 is 0. The fourth-order valence-electron chi connectivity index (χ4n) is 2.32. The van der Waals surface area contributed by atoms with Crippen LogP contribution >= 0.6 is 22.7 Å². The first-order valence-electron chi connectivity index (χ1n) is 6.32. The van der Waals surface area contributed by atoms with Gasteiger partial charge in [-0.3, -0.25) is 0 Å². The molecule has 90 valence electrons. The molecule has 0 amide bonds. The Kier molecular flexibility index (Phi) is 2.68. The van der Waals surface area contributed by atoms with E-state index in [1.54, 1.807) is 30.6 Å². The van der Waals surface area contributed by atoms with E-state index in [4.69, 9.17) is 0 Å². The smallest absolute Gasteiger partial charge is 0.0484 e. The van der Waals surface area contributed by atoms with Crippen molar-refractivity contribution in [2.75, 3.05) is 0 Å². The normalized spacial score (nSPS) is 13.5. The van der Waals surface area contributed by atoms with E-state index in [-0.39, 0.29) is 0 Å². The van der Waals surface area contributed by atoms with Gasteiger partial charge in [0.2, 0.25) is 0 Å². The Hall–Kier alpha value is -0.600. The molecule has 0 aliphatic heterocycles. The fraction of sp³-hybridized carbons (Fsp3) is 0.467. The molecule has 3 rings (SSSR count). The highest BCUT2D eigenvalue weighted by Crippen LogP contribution is 2.48. The van der Waals surface area contributed by atoms with Crippen LogP contribution in [0.5, 0.6) is 0 Å². The highest BCUT2D eigenvalue weighted by atomic mass is 32.1. The molecule has 0 bridgehead atoms. The monoisotopic (exact) mass is 262 g/mol. The summed E-state index contributed by atoms with van der Waals surface area (Å²) in [5.74, 6) is 1.33. The lowest BCUT2D eigenvalue weighted by Gasteiger charge is -1.98. The molecular weight excluding hydrogens is 244 g/mol. The molecule has 0 atom stereocenters. The van der Waals surface area contributed by atoms with Gasteiger partial charge < -0.3 is 0 Å². The third-order valence-corrected chi connectivity index (χ3v) is 6.50. The van der Waals surface area contributed by atoms with Crippen LogP contribution in [0.2, 0.25) is 0 Å². The number of rotatable bonds is 2. The molecule has 0 saturated carbocycles. The van der Waals surface area contributed by atoms with Gasteiger partial charge >= 0.3 is 0 Å². The second-order valence-electron chi connectivity index (χ2n) is 5.49. The number of hydrogen-bond donors (Lipinski definition) is 0. The second kappa shape index (κ2) is 3.96. The van der Waals surface area contributed by atoms with E-state index >= 15 is 0 Å². The van der Waals surface area contributed by atoms with Gasteiger partial charge in [0, 0.05) is 25.9 Å². The average Bonchev–Trinajstić information content (AvgIpc) is 2.84. The summed E-state index contributed by atoms with van der Waals surface area (Å²) >= 11 is 4.02. The van der Waals surface area contributed by atoms with Crippen molar-refractivity contribution < 1.29 is 0 Å². The van der Waals surface area contributed by atoms with Crippen molar-refractivity contribution in [2.24, 2.45) is 0 Å². The van der Waals surface area contributed by atoms with Crippen molar-refractivity contribution >= 4 is 22.7 Å². The standard InChI is InChI=1S/C15H18S2/c1-8(2)12-6-10-5-11-7-13(9(3)4)17-15(11)14(10)16-12/h6-9H,5H2,1-4H3. The Bertz CT molecular complexity index is 505. The molecule has 0 radical (unpaired) electrons. The van der Waals surface area contributed by atoms with Crippen molar-refractivity contribution in [2.45, 2.75) is 46.0 Å². The summed E-state index contributed by atoms with van der Waals surface area (Å²) in [4.78, 5) is 6.20. The molecule has 0 aromatic carbocycles. The first-order chi connectivity index (χ1) is 8.06. The third-order valence-electron chi connectivity index (χ3n) is 3.38. The van der Waals surface area contributed by atoms with Crippen molar-refractivity contribution in [3.63, 3.8) is 0 Å². The van der Waals surface area contributed by atoms with Gasteiger partial charge in [-0.25, -0.2) is 0 Å². The minimum atomic E-state index is 0.665. The summed E-state index contributed by atoms with van der Waals surface area (Å²) in [5.41, 5.74) is 3.13. The quantitative estimate of drug-likeness (QED) is 0.561. The maximum absolute atomic E-state index is 2.42. The first kappa shape index (κ1) is 11.5. The Morgan fingerprint density at radius 1 is 0.824 bits per heavy atom. The van der Waals surface area contributed by atoms with Crippen LogP contribution in [0.1, 0.15) is 60.4 Å². The fourth-order valence-corrected chi connectivity index (χ4v) is 4.89. The molecule has 0 N–H and O–H groups in total. The van der Waals surface area contributed by atoms with E-state index in [1.165, 1.54) is 0 Å².